The van der Waals surface area contributed by atoms with Crippen LogP contribution < -0.4 is 0 Å². The van der Waals surface area contributed by atoms with E-state index >= 15 is 0 Å². The summed E-state index contributed by atoms with van der Waals surface area (Å²) in [5.41, 5.74) is 3.95. The molecule has 2 heterocycles. The fraction of sp³-hybridized carbons (Fsp3) is 0.300. The lowest BCUT2D eigenvalue weighted by Crippen LogP contribution is -2.19. The minimum absolute atomic E-state index is 0.370. The predicted octanol–water partition coefficient (Wildman–Crippen LogP) is 3.87. The Morgan fingerprint density at radius 3 is 2.87 bits per heavy atom. The van der Waals surface area contributed by atoms with Gasteiger partial charge in [0.05, 0.1) is 0 Å². The van der Waals surface area contributed by atoms with Crippen LogP contribution in [-0.4, -0.2) is 27.7 Å². The van der Waals surface area contributed by atoms with Crippen LogP contribution in [0.4, 0.5) is 0 Å². The van der Waals surface area contributed by atoms with Gasteiger partial charge in [0.25, 0.3) is 0 Å². The largest absolute Gasteiger partial charge is 0.508 e. The third-order valence-corrected chi connectivity index (χ3v) is 4.99. The summed E-state index contributed by atoms with van der Waals surface area (Å²) in [5.74, 6) is 0.895. The van der Waals surface area contributed by atoms with Gasteiger partial charge in [-0.2, -0.15) is 0 Å². The second-order valence-electron chi connectivity index (χ2n) is 6.60. The van der Waals surface area contributed by atoms with Gasteiger partial charge < -0.3 is 9.67 Å². The van der Waals surface area contributed by atoms with Crippen LogP contribution in [0.1, 0.15) is 23.5 Å². The summed E-state index contributed by atoms with van der Waals surface area (Å²) >= 11 is 0. The summed E-state index contributed by atoms with van der Waals surface area (Å²) in [7, 11) is 2.12. The molecule has 1 N–H and O–H groups in total. The van der Waals surface area contributed by atoms with Crippen molar-refractivity contribution in [2.24, 2.45) is 7.05 Å². The van der Waals surface area contributed by atoms with Crippen molar-refractivity contribution < 1.29 is 5.11 Å². The monoisotopic (exact) mass is 306 g/mol. The van der Waals surface area contributed by atoms with Crippen LogP contribution in [0.2, 0.25) is 0 Å². The van der Waals surface area contributed by atoms with E-state index in [1.807, 2.05) is 12.1 Å². The van der Waals surface area contributed by atoms with Crippen LogP contribution in [0.25, 0.3) is 10.9 Å². The van der Waals surface area contributed by atoms with E-state index in [4.69, 9.17) is 0 Å². The number of rotatable bonds is 3. The Kier molecular flexibility index (Phi) is 3.58. The van der Waals surface area contributed by atoms with E-state index in [9.17, 15) is 5.11 Å². The van der Waals surface area contributed by atoms with Crippen LogP contribution in [0.15, 0.2) is 54.7 Å². The van der Waals surface area contributed by atoms with Crippen LogP contribution in [-0.2, 0) is 13.6 Å². The van der Waals surface area contributed by atoms with Gasteiger partial charge in [-0.15, -0.1) is 0 Å². The number of aromatic hydroxyl groups is 1. The molecule has 4 rings (SSSR count). The van der Waals surface area contributed by atoms with E-state index < -0.39 is 0 Å². The fourth-order valence-corrected chi connectivity index (χ4v) is 3.82. The van der Waals surface area contributed by atoms with Gasteiger partial charge in [-0.1, -0.05) is 30.3 Å². The van der Waals surface area contributed by atoms with Gasteiger partial charge in [-0.3, -0.25) is 4.90 Å². The molecule has 2 aromatic carbocycles. The SMILES string of the molecule is Cn1cc(CN2CCC(c3cccc(O)c3)C2)c2ccccc21. The summed E-state index contributed by atoms with van der Waals surface area (Å²) in [6.07, 6.45) is 3.42. The Balaban J connectivity index is 1.52. The van der Waals surface area contributed by atoms with Crippen molar-refractivity contribution in [1.29, 1.82) is 0 Å². The van der Waals surface area contributed by atoms with E-state index in [2.05, 4.69) is 53.0 Å². The average molecular weight is 306 g/mol. The molecule has 23 heavy (non-hydrogen) atoms. The van der Waals surface area contributed by atoms with Gasteiger partial charge in [0.2, 0.25) is 0 Å². The minimum Gasteiger partial charge on any atom is -0.508 e. The maximum atomic E-state index is 9.68. The standard InChI is InChI=1S/C20H22N2O/c1-21-12-17(19-7-2-3-8-20(19)21)14-22-10-9-16(13-22)15-5-4-6-18(23)11-15/h2-8,11-12,16,23H,9-10,13-14H2,1H3. The summed E-state index contributed by atoms with van der Waals surface area (Å²) in [4.78, 5) is 2.52. The Morgan fingerprint density at radius 2 is 2.00 bits per heavy atom. The van der Waals surface area contributed by atoms with Gasteiger partial charge in [0.15, 0.2) is 0 Å². The van der Waals surface area contributed by atoms with E-state index in [1.165, 1.54) is 22.0 Å². The zero-order valence-electron chi connectivity index (χ0n) is 13.4. The molecular formula is C20H22N2O. The number of hydrogen-bond acceptors (Lipinski definition) is 2. The first kappa shape index (κ1) is 14.3. The van der Waals surface area contributed by atoms with Crippen molar-refractivity contribution in [2.45, 2.75) is 18.9 Å². The molecule has 0 radical (unpaired) electrons. The lowest BCUT2D eigenvalue weighted by atomic mass is 9.98. The van der Waals surface area contributed by atoms with Crippen LogP contribution >= 0.6 is 0 Å². The van der Waals surface area contributed by atoms with Gasteiger partial charge in [-0.25, -0.2) is 0 Å². The number of likely N-dealkylation sites (tertiary alicyclic amines) is 1. The molecule has 1 unspecified atom stereocenters. The maximum Gasteiger partial charge on any atom is 0.115 e. The van der Waals surface area contributed by atoms with Crippen LogP contribution in [0, 0.1) is 0 Å². The van der Waals surface area contributed by atoms with Crippen molar-refractivity contribution >= 4 is 10.9 Å². The quantitative estimate of drug-likeness (QED) is 0.795. The highest BCUT2D eigenvalue weighted by Crippen LogP contribution is 2.31. The molecule has 0 saturated carbocycles. The van der Waals surface area contributed by atoms with Crippen molar-refractivity contribution in [3.63, 3.8) is 0 Å². The van der Waals surface area contributed by atoms with Gasteiger partial charge >= 0.3 is 0 Å². The van der Waals surface area contributed by atoms with Crippen molar-refractivity contribution in [1.82, 2.24) is 9.47 Å². The normalized spacial score (nSPS) is 18.7. The van der Waals surface area contributed by atoms with Crippen LogP contribution in [0.5, 0.6) is 5.75 Å². The smallest absolute Gasteiger partial charge is 0.115 e. The number of nitrogens with zero attached hydrogens (tertiary/aromatic N) is 2. The lowest BCUT2D eigenvalue weighted by Gasteiger charge is -2.16. The number of aryl methyl sites for hydroxylation is 1. The fourth-order valence-electron chi connectivity index (χ4n) is 3.82. The Labute approximate surface area is 136 Å². The summed E-state index contributed by atoms with van der Waals surface area (Å²) in [5, 5.41) is 11.0. The zero-order chi connectivity index (χ0) is 15.8. The highest BCUT2D eigenvalue weighted by molar-refractivity contribution is 5.83. The first-order chi connectivity index (χ1) is 11.2. The average Bonchev–Trinajstić information content (AvgIpc) is 3.14. The van der Waals surface area contributed by atoms with E-state index in [0.717, 1.165) is 26.1 Å². The van der Waals surface area contributed by atoms with E-state index in [1.54, 1.807) is 6.07 Å². The molecule has 0 spiro atoms. The number of fused-ring (bicyclic) bond motifs is 1. The molecule has 0 amide bonds. The highest BCUT2D eigenvalue weighted by atomic mass is 16.3. The van der Waals surface area contributed by atoms with Crippen LogP contribution in [0.3, 0.4) is 0 Å². The van der Waals surface area contributed by atoms with Gasteiger partial charge in [-0.05, 0) is 48.2 Å². The third-order valence-electron chi connectivity index (χ3n) is 4.99. The molecule has 1 aliphatic heterocycles. The summed E-state index contributed by atoms with van der Waals surface area (Å²) in [6, 6.07) is 16.3. The molecule has 1 fully saturated rings. The molecule has 1 aliphatic rings. The molecule has 1 saturated heterocycles. The number of benzene rings is 2. The predicted molar refractivity (Wildman–Crippen MR) is 93.7 cm³/mol. The second kappa shape index (κ2) is 5.74. The molecule has 3 aromatic rings. The van der Waals surface area contributed by atoms with Gasteiger partial charge in [0.1, 0.15) is 5.75 Å². The van der Waals surface area contributed by atoms with Crippen molar-refractivity contribution in [3.8, 4) is 5.75 Å². The molecule has 0 aliphatic carbocycles. The Morgan fingerprint density at radius 1 is 1.13 bits per heavy atom. The Hall–Kier alpha value is -2.26. The van der Waals surface area contributed by atoms with Crippen molar-refractivity contribution in [3.05, 3.63) is 65.9 Å². The first-order valence-electron chi connectivity index (χ1n) is 8.25. The second-order valence-corrected chi connectivity index (χ2v) is 6.60. The number of aromatic nitrogens is 1. The molecule has 118 valence electrons. The number of para-hydroxylation sites is 1. The number of hydrogen-bond donors (Lipinski definition) is 1. The van der Waals surface area contributed by atoms with Crippen molar-refractivity contribution in [2.75, 3.05) is 13.1 Å². The minimum atomic E-state index is 0.370. The third kappa shape index (κ3) is 2.73. The number of phenolic OH excluding ortho intramolecular Hbond substituents is 1. The molecule has 3 heteroatoms. The molecular weight excluding hydrogens is 284 g/mol. The Bertz CT molecular complexity index is 837. The lowest BCUT2D eigenvalue weighted by molar-refractivity contribution is 0.328. The molecule has 1 atom stereocenters. The summed E-state index contributed by atoms with van der Waals surface area (Å²) < 4.78 is 2.22. The summed E-state index contributed by atoms with van der Waals surface area (Å²) in [6.45, 7) is 3.17. The van der Waals surface area contributed by atoms with E-state index in [-0.39, 0.29) is 0 Å². The van der Waals surface area contributed by atoms with Gasteiger partial charge in [0, 0.05) is 37.2 Å². The van der Waals surface area contributed by atoms with E-state index in [0.29, 0.717) is 11.7 Å². The number of phenols is 1. The first-order valence-corrected chi connectivity index (χ1v) is 8.25. The topological polar surface area (TPSA) is 28.4 Å². The molecule has 0 bridgehead atoms. The molecule has 3 nitrogen and oxygen atoms in total. The molecule has 1 aromatic heterocycles. The maximum absolute atomic E-state index is 9.68. The zero-order valence-corrected chi connectivity index (χ0v) is 13.4. The highest BCUT2D eigenvalue weighted by Gasteiger charge is 2.24.